The zero-order valence-electron chi connectivity index (χ0n) is 23.5. The molecule has 0 saturated heterocycles. The van der Waals surface area contributed by atoms with Gasteiger partial charge in [-0.15, -0.1) is 0 Å². The van der Waals surface area contributed by atoms with Gasteiger partial charge in [0.2, 0.25) is 0 Å². The van der Waals surface area contributed by atoms with Crippen LogP contribution in [0.25, 0.3) is 66.2 Å². The molecule has 41 heavy (non-hydrogen) atoms. The van der Waals surface area contributed by atoms with Crippen molar-refractivity contribution in [3.8, 4) is 44.5 Å². The Bertz CT molecular complexity index is 2070. The minimum atomic E-state index is 1.01. The third-order valence-corrected chi connectivity index (χ3v) is 8.20. The highest BCUT2D eigenvalue weighted by atomic mass is 14.7. The maximum atomic E-state index is 4.75. The molecular formula is C39H30N2. The summed E-state index contributed by atoms with van der Waals surface area (Å²) in [6.07, 6.45) is 3.86. The molecule has 0 spiro atoms. The van der Waals surface area contributed by atoms with Crippen molar-refractivity contribution in [3.05, 3.63) is 144 Å². The van der Waals surface area contributed by atoms with Crippen molar-refractivity contribution >= 4 is 21.7 Å². The van der Waals surface area contributed by atoms with Crippen molar-refractivity contribution in [1.82, 2.24) is 9.97 Å². The fraction of sp³-hybridized carbons (Fsp3) is 0.0769. The summed E-state index contributed by atoms with van der Waals surface area (Å²) in [7, 11) is 0. The first kappa shape index (κ1) is 24.9. The van der Waals surface area contributed by atoms with E-state index in [1.54, 1.807) is 0 Å². The molecule has 7 rings (SSSR count). The summed E-state index contributed by atoms with van der Waals surface area (Å²) in [4.78, 5) is 9.38. The first-order valence-electron chi connectivity index (χ1n) is 14.1. The van der Waals surface area contributed by atoms with E-state index in [4.69, 9.17) is 4.98 Å². The Morgan fingerprint density at radius 1 is 0.415 bits per heavy atom. The Labute approximate surface area is 241 Å². The van der Waals surface area contributed by atoms with Gasteiger partial charge in [0, 0.05) is 29.0 Å². The average Bonchev–Trinajstić information content (AvgIpc) is 3.02. The number of fused-ring (bicyclic) bond motifs is 3. The molecule has 0 aliphatic heterocycles. The summed E-state index contributed by atoms with van der Waals surface area (Å²) >= 11 is 0. The Morgan fingerprint density at radius 3 is 1.93 bits per heavy atom. The normalized spacial score (nSPS) is 11.3. The molecule has 0 unspecified atom stereocenters. The van der Waals surface area contributed by atoms with Gasteiger partial charge in [-0.2, -0.15) is 0 Å². The minimum Gasteiger partial charge on any atom is -0.261 e. The van der Waals surface area contributed by atoms with Crippen LogP contribution >= 0.6 is 0 Å². The van der Waals surface area contributed by atoms with Gasteiger partial charge in [-0.05, 0) is 124 Å². The van der Waals surface area contributed by atoms with E-state index in [1.165, 1.54) is 66.2 Å². The molecule has 0 amide bonds. The molecule has 2 aromatic heterocycles. The predicted molar refractivity (Wildman–Crippen MR) is 173 cm³/mol. The number of aromatic nitrogens is 2. The van der Waals surface area contributed by atoms with Crippen LogP contribution in [0.3, 0.4) is 0 Å². The van der Waals surface area contributed by atoms with Gasteiger partial charge in [0.25, 0.3) is 0 Å². The van der Waals surface area contributed by atoms with Crippen LogP contribution in [0.15, 0.2) is 128 Å². The zero-order chi connectivity index (χ0) is 27.9. The molecule has 0 N–H and O–H groups in total. The molecule has 0 saturated carbocycles. The quantitative estimate of drug-likeness (QED) is 0.213. The van der Waals surface area contributed by atoms with E-state index >= 15 is 0 Å². The number of pyridine rings is 2. The Balaban J connectivity index is 1.49. The monoisotopic (exact) mass is 526 g/mol. The molecule has 5 aromatic carbocycles. The molecule has 7 aromatic rings. The average molecular weight is 527 g/mol. The highest BCUT2D eigenvalue weighted by molar-refractivity contribution is 6.13. The molecule has 0 aliphatic rings. The summed E-state index contributed by atoms with van der Waals surface area (Å²) in [6, 6.07) is 41.7. The van der Waals surface area contributed by atoms with Crippen molar-refractivity contribution in [2.75, 3.05) is 0 Å². The van der Waals surface area contributed by atoms with Gasteiger partial charge in [0.15, 0.2) is 0 Å². The van der Waals surface area contributed by atoms with Crippen LogP contribution in [0, 0.1) is 20.8 Å². The third kappa shape index (κ3) is 4.58. The number of benzene rings is 5. The molecule has 2 heteroatoms. The number of aryl methyl sites for hydroxylation is 3. The molecule has 196 valence electrons. The third-order valence-electron chi connectivity index (χ3n) is 8.20. The first-order valence-corrected chi connectivity index (χ1v) is 14.1. The van der Waals surface area contributed by atoms with E-state index < -0.39 is 0 Å². The minimum absolute atomic E-state index is 1.01. The molecular weight excluding hydrogens is 496 g/mol. The Kier molecular flexibility index (Phi) is 6.17. The van der Waals surface area contributed by atoms with Gasteiger partial charge in [0.05, 0.1) is 5.52 Å². The predicted octanol–water partition coefficient (Wildman–Crippen LogP) is 10.4. The van der Waals surface area contributed by atoms with E-state index in [2.05, 4.69) is 135 Å². The lowest BCUT2D eigenvalue weighted by atomic mass is 9.88. The van der Waals surface area contributed by atoms with Crippen LogP contribution < -0.4 is 0 Å². The van der Waals surface area contributed by atoms with Crippen molar-refractivity contribution < 1.29 is 0 Å². The van der Waals surface area contributed by atoms with Gasteiger partial charge in [-0.25, -0.2) is 0 Å². The molecule has 0 radical (unpaired) electrons. The van der Waals surface area contributed by atoms with Crippen LogP contribution in [-0.2, 0) is 0 Å². The maximum absolute atomic E-state index is 4.75. The number of hydrogen-bond acceptors (Lipinski definition) is 2. The second-order valence-corrected chi connectivity index (χ2v) is 10.9. The van der Waals surface area contributed by atoms with Crippen molar-refractivity contribution in [2.24, 2.45) is 0 Å². The summed E-state index contributed by atoms with van der Waals surface area (Å²) in [5.41, 5.74) is 14.0. The largest absolute Gasteiger partial charge is 0.261 e. The van der Waals surface area contributed by atoms with E-state index in [-0.39, 0.29) is 0 Å². The van der Waals surface area contributed by atoms with Gasteiger partial charge < -0.3 is 0 Å². The molecule has 0 fully saturated rings. The molecule has 0 bridgehead atoms. The van der Waals surface area contributed by atoms with E-state index in [9.17, 15) is 0 Å². The lowest BCUT2D eigenvalue weighted by molar-refractivity contribution is 1.15. The second-order valence-electron chi connectivity index (χ2n) is 10.9. The smallest absolute Gasteiger partial charge is 0.0714 e. The van der Waals surface area contributed by atoms with Crippen LogP contribution in [0.2, 0.25) is 0 Å². The summed E-state index contributed by atoms with van der Waals surface area (Å²) < 4.78 is 0. The van der Waals surface area contributed by atoms with Gasteiger partial charge in [0.1, 0.15) is 0 Å². The standard InChI is InChI=1S/C39H30N2/c1-25-15-16-29(33-18-26(2)27(3)41-24-33)22-37(25)31-19-30(28-10-5-4-6-11-28)20-32(21-31)38-23-39-36(14-9-17-40-39)34-12-7-8-13-35(34)38/h4-24H,1-3H3. The van der Waals surface area contributed by atoms with Crippen LogP contribution in [-0.4, -0.2) is 9.97 Å². The van der Waals surface area contributed by atoms with E-state index in [0.29, 0.717) is 0 Å². The zero-order valence-corrected chi connectivity index (χ0v) is 23.5. The van der Waals surface area contributed by atoms with E-state index in [0.717, 1.165) is 16.8 Å². The van der Waals surface area contributed by atoms with E-state index in [1.807, 2.05) is 18.5 Å². The Morgan fingerprint density at radius 2 is 1.12 bits per heavy atom. The SMILES string of the molecule is Cc1ccc(-c2cnc(C)c(C)c2)cc1-c1cc(-c2ccccc2)cc(-c2cc3ncccc3c3ccccc23)c1. The molecule has 2 heterocycles. The summed E-state index contributed by atoms with van der Waals surface area (Å²) in [5, 5.41) is 3.63. The topological polar surface area (TPSA) is 25.8 Å². The molecule has 2 nitrogen and oxygen atoms in total. The van der Waals surface area contributed by atoms with Crippen molar-refractivity contribution in [2.45, 2.75) is 20.8 Å². The highest BCUT2D eigenvalue weighted by Gasteiger charge is 2.14. The van der Waals surface area contributed by atoms with Gasteiger partial charge in [-0.3, -0.25) is 9.97 Å². The van der Waals surface area contributed by atoms with Gasteiger partial charge >= 0.3 is 0 Å². The van der Waals surface area contributed by atoms with Crippen LogP contribution in [0.4, 0.5) is 0 Å². The lowest BCUT2D eigenvalue weighted by Gasteiger charge is -2.16. The summed E-state index contributed by atoms with van der Waals surface area (Å²) in [5.74, 6) is 0. The molecule has 0 aliphatic carbocycles. The number of rotatable bonds is 4. The highest BCUT2D eigenvalue weighted by Crippen LogP contribution is 2.39. The molecule has 0 atom stereocenters. The fourth-order valence-corrected chi connectivity index (χ4v) is 5.82. The van der Waals surface area contributed by atoms with Crippen LogP contribution in [0.5, 0.6) is 0 Å². The first-order chi connectivity index (χ1) is 20.0. The lowest BCUT2D eigenvalue weighted by Crippen LogP contribution is -1.92. The number of hydrogen-bond donors (Lipinski definition) is 0. The maximum Gasteiger partial charge on any atom is 0.0714 e. The van der Waals surface area contributed by atoms with Gasteiger partial charge in [-0.1, -0.05) is 72.8 Å². The van der Waals surface area contributed by atoms with Crippen LogP contribution in [0.1, 0.15) is 16.8 Å². The fourth-order valence-electron chi connectivity index (χ4n) is 5.82. The Hall–Kier alpha value is -5.08. The summed E-state index contributed by atoms with van der Waals surface area (Å²) in [6.45, 7) is 6.38. The van der Waals surface area contributed by atoms with Crippen molar-refractivity contribution in [1.29, 1.82) is 0 Å². The second kappa shape index (κ2) is 10.1. The van der Waals surface area contributed by atoms with Crippen molar-refractivity contribution in [3.63, 3.8) is 0 Å². The number of nitrogens with zero attached hydrogens (tertiary/aromatic N) is 2.